The third-order valence-electron chi connectivity index (χ3n) is 3.70. The van der Waals surface area contributed by atoms with E-state index >= 15 is 0 Å². The molecule has 3 rings (SSSR count). The second-order valence-electron chi connectivity index (χ2n) is 5.10. The van der Waals surface area contributed by atoms with Gasteiger partial charge in [-0.2, -0.15) is 4.98 Å². The first-order chi connectivity index (χ1) is 10.3. The van der Waals surface area contributed by atoms with Crippen LogP contribution in [0, 0.1) is 0 Å². The van der Waals surface area contributed by atoms with E-state index in [1.54, 1.807) is 12.1 Å². The Morgan fingerprint density at radius 2 is 2.24 bits per heavy atom. The molecule has 1 aromatic heterocycles. The molecule has 1 saturated heterocycles. The Morgan fingerprint density at radius 3 is 3.05 bits per heavy atom. The summed E-state index contributed by atoms with van der Waals surface area (Å²) in [6.07, 6.45) is 0.282. The fourth-order valence-corrected chi connectivity index (χ4v) is 2.44. The van der Waals surface area contributed by atoms with Crippen LogP contribution in [0.2, 0.25) is 0 Å². The standard InChI is InChI=1S/C15H19N3O3/c1-2-18-7-8-20-13(10-18)15-16-14(21-17-15)9-11-5-3-4-6-12(11)19/h3-6,13,19H,2,7-10H2,1H3. The van der Waals surface area contributed by atoms with Gasteiger partial charge in [0.25, 0.3) is 0 Å². The van der Waals surface area contributed by atoms with Crippen molar-refractivity contribution >= 4 is 0 Å². The first-order valence-electron chi connectivity index (χ1n) is 7.19. The summed E-state index contributed by atoms with van der Waals surface area (Å²) in [5, 5.41) is 13.8. The smallest absolute Gasteiger partial charge is 0.231 e. The third kappa shape index (κ3) is 3.22. The molecule has 1 atom stereocenters. The second kappa shape index (κ2) is 6.24. The number of likely N-dealkylation sites (N-methyl/N-ethyl adjacent to an activating group) is 1. The summed E-state index contributed by atoms with van der Waals surface area (Å²) in [5.74, 6) is 1.31. The molecule has 1 aliphatic rings. The van der Waals surface area contributed by atoms with Gasteiger partial charge in [-0.3, -0.25) is 4.90 Å². The number of phenols is 1. The van der Waals surface area contributed by atoms with E-state index < -0.39 is 0 Å². The molecule has 1 N–H and O–H groups in total. The Bertz CT molecular complexity index is 599. The number of morpholine rings is 1. The van der Waals surface area contributed by atoms with Gasteiger partial charge in [0.15, 0.2) is 0 Å². The molecule has 1 unspecified atom stereocenters. The van der Waals surface area contributed by atoms with Crippen molar-refractivity contribution in [2.75, 3.05) is 26.2 Å². The zero-order valence-electron chi connectivity index (χ0n) is 12.0. The average molecular weight is 289 g/mol. The topological polar surface area (TPSA) is 71.6 Å². The molecule has 2 heterocycles. The fraction of sp³-hybridized carbons (Fsp3) is 0.467. The number of aromatic nitrogens is 2. The van der Waals surface area contributed by atoms with Crippen molar-refractivity contribution in [2.45, 2.75) is 19.4 Å². The minimum absolute atomic E-state index is 0.138. The third-order valence-corrected chi connectivity index (χ3v) is 3.70. The van der Waals surface area contributed by atoms with Crippen molar-refractivity contribution in [3.05, 3.63) is 41.5 Å². The van der Waals surface area contributed by atoms with Crippen LogP contribution in [0.25, 0.3) is 0 Å². The van der Waals surface area contributed by atoms with E-state index in [4.69, 9.17) is 9.26 Å². The van der Waals surface area contributed by atoms with Crippen LogP contribution in [-0.2, 0) is 11.2 Å². The quantitative estimate of drug-likeness (QED) is 0.924. The number of phenolic OH excluding ortho intramolecular Hbond substituents is 1. The number of benzene rings is 1. The molecule has 6 nitrogen and oxygen atoms in total. The lowest BCUT2D eigenvalue weighted by Crippen LogP contribution is -2.38. The molecule has 0 radical (unpaired) electrons. The summed E-state index contributed by atoms with van der Waals surface area (Å²) in [4.78, 5) is 6.70. The van der Waals surface area contributed by atoms with Gasteiger partial charge in [-0.25, -0.2) is 0 Å². The Hall–Kier alpha value is -1.92. The zero-order valence-corrected chi connectivity index (χ0v) is 12.0. The number of hydrogen-bond donors (Lipinski definition) is 1. The number of ether oxygens (including phenoxy) is 1. The predicted molar refractivity (Wildman–Crippen MR) is 76.0 cm³/mol. The highest BCUT2D eigenvalue weighted by molar-refractivity contribution is 5.33. The summed E-state index contributed by atoms with van der Waals surface area (Å²) >= 11 is 0. The maximum atomic E-state index is 9.77. The molecule has 112 valence electrons. The Morgan fingerprint density at radius 1 is 1.38 bits per heavy atom. The van der Waals surface area contributed by atoms with Crippen molar-refractivity contribution in [1.29, 1.82) is 0 Å². The van der Waals surface area contributed by atoms with E-state index in [1.165, 1.54) is 0 Å². The normalized spacial score (nSPS) is 19.8. The fourth-order valence-electron chi connectivity index (χ4n) is 2.44. The van der Waals surface area contributed by atoms with Crippen LogP contribution in [0.3, 0.4) is 0 Å². The SMILES string of the molecule is CCN1CCOC(c2noc(Cc3ccccc3O)n2)C1. The second-order valence-corrected chi connectivity index (χ2v) is 5.10. The van der Waals surface area contributed by atoms with Crippen LogP contribution in [0.15, 0.2) is 28.8 Å². The van der Waals surface area contributed by atoms with Gasteiger partial charge < -0.3 is 14.4 Å². The Kier molecular flexibility index (Phi) is 4.17. The molecule has 21 heavy (non-hydrogen) atoms. The number of rotatable bonds is 4. The summed E-state index contributed by atoms with van der Waals surface area (Å²) in [6.45, 7) is 5.52. The molecule has 1 fully saturated rings. The van der Waals surface area contributed by atoms with Crippen LogP contribution in [0.4, 0.5) is 0 Å². The molecule has 1 aliphatic heterocycles. The predicted octanol–water partition coefficient (Wildman–Crippen LogP) is 1.76. The maximum absolute atomic E-state index is 9.77. The number of nitrogens with zero attached hydrogens (tertiary/aromatic N) is 3. The van der Waals surface area contributed by atoms with Gasteiger partial charge in [0.2, 0.25) is 11.7 Å². The highest BCUT2D eigenvalue weighted by atomic mass is 16.5. The van der Waals surface area contributed by atoms with Crippen LogP contribution in [-0.4, -0.2) is 46.4 Å². The lowest BCUT2D eigenvalue weighted by atomic mass is 10.1. The lowest BCUT2D eigenvalue weighted by Gasteiger charge is -2.30. The Labute approximate surface area is 123 Å². The van der Waals surface area contributed by atoms with E-state index in [0.717, 1.165) is 25.2 Å². The maximum Gasteiger partial charge on any atom is 0.231 e. The lowest BCUT2D eigenvalue weighted by molar-refractivity contribution is -0.0334. The van der Waals surface area contributed by atoms with E-state index in [-0.39, 0.29) is 11.9 Å². The van der Waals surface area contributed by atoms with Crippen molar-refractivity contribution < 1.29 is 14.4 Å². The first kappa shape index (κ1) is 14.0. The molecule has 1 aromatic carbocycles. The molecule has 0 spiro atoms. The van der Waals surface area contributed by atoms with Crippen LogP contribution in [0.5, 0.6) is 5.75 Å². The molecule has 6 heteroatoms. The van der Waals surface area contributed by atoms with Crippen LogP contribution in [0.1, 0.15) is 30.3 Å². The van der Waals surface area contributed by atoms with E-state index in [2.05, 4.69) is 22.0 Å². The average Bonchev–Trinajstić information content (AvgIpc) is 2.98. The van der Waals surface area contributed by atoms with Gasteiger partial charge in [-0.15, -0.1) is 0 Å². The molecular formula is C15H19N3O3. The van der Waals surface area contributed by atoms with Crippen molar-refractivity contribution in [3.8, 4) is 5.75 Å². The number of para-hydroxylation sites is 1. The zero-order chi connectivity index (χ0) is 14.7. The molecule has 0 bridgehead atoms. The summed E-state index contributed by atoms with van der Waals surface area (Å²) in [5.41, 5.74) is 0.771. The molecule has 0 saturated carbocycles. The summed E-state index contributed by atoms with van der Waals surface area (Å²) in [7, 11) is 0. The summed E-state index contributed by atoms with van der Waals surface area (Å²) in [6, 6.07) is 7.15. The number of hydrogen-bond acceptors (Lipinski definition) is 6. The van der Waals surface area contributed by atoms with Gasteiger partial charge in [-0.05, 0) is 12.6 Å². The minimum Gasteiger partial charge on any atom is -0.508 e. The minimum atomic E-state index is -0.138. The number of aromatic hydroxyl groups is 1. The van der Waals surface area contributed by atoms with Crippen molar-refractivity contribution in [2.24, 2.45) is 0 Å². The molecule has 0 amide bonds. The van der Waals surface area contributed by atoms with Crippen LogP contribution < -0.4 is 0 Å². The van der Waals surface area contributed by atoms with Crippen molar-refractivity contribution in [1.82, 2.24) is 15.0 Å². The van der Waals surface area contributed by atoms with E-state index in [0.29, 0.717) is 24.7 Å². The van der Waals surface area contributed by atoms with Gasteiger partial charge in [0.1, 0.15) is 11.9 Å². The van der Waals surface area contributed by atoms with Crippen molar-refractivity contribution in [3.63, 3.8) is 0 Å². The van der Waals surface area contributed by atoms with Gasteiger partial charge in [0, 0.05) is 18.7 Å². The first-order valence-corrected chi connectivity index (χ1v) is 7.19. The summed E-state index contributed by atoms with van der Waals surface area (Å²) < 4.78 is 11.0. The monoisotopic (exact) mass is 289 g/mol. The Balaban J connectivity index is 1.70. The van der Waals surface area contributed by atoms with Crippen LogP contribution >= 0.6 is 0 Å². The van der Waals surface area contributed by atoms with Gasteiger partial charge in [0.05, 0.1) is 13.0 Å². The molecular weight excluding hydrogens is 270 g/mol. The highest BCUT2D eigenvalue weighted by Crippen LogP contribution is 2.22. The van der Waals surface area contributed by atoms with Gasteiger partial charge in [-0.1, -0.05) is 30.3 Å². The van der Waals surface area contributed by atoms with E-state index in [1.807, 2.05) is 12.1 Å². The van der Waals surface area contributed by atoms with E-state index in [9.17, 15) is 5.11 Å². The van der Waals surface area contributed by atoms with Gasteiger partial charge >= 0.3 is 0 Å². The largest absolute Gasteiger partial charge is 0.508 e. The molecule has 0 aliphatic carbocycles. The molecule has 2 aromatic rings. The highest BCUT2D eigenvalue weighted by Gasteiger charge is 2.25.